The molecular weight excluding hydrogens is 523 g/mol. The summed E-state index contributed by atoms with van der Waals surface area (Å²) in [5.74, 6) is -0.760. The highest BCUT2D eigenvalue weighted by Gasteiger charge is 2.36. The highest BCUT2D eigenvalue weighted by molar-refractivity contribution is 8.18. The number of hydrogen-bond acceptors (Lipinski definition) is 6. The number of fused-ring (bicyclic) bond motifs is 1. The lowest BCUT2D eigenvalue weighted by molar-refractivity contribution is -0.123. The lowest BCUT2D eigenvalue weighted by Crippen LogP contribution is -2.27. The van der Waals surface area contributed by atoms with E-state index < -0.39 is 17.1 Å². The van der Waals surface area contributed by atoms with Gasteiger partial charge in [0.25, 0.3) is 11.1 Å². The lowest BCUT2D eigenvalue weighted by atomic mass is 10.1. The number of para-hydroxylation sites is 1. The fourth-order valence-electron chi connectivity index (χ4n) is 3.96. The molecule has 182 valence electrons. The van der Waals surface area contributed by atoms with Crippen molar-refractivity contribution in [1.82, 2.24) is 9.47 Å². The third-order valence-corrected chi connectivity index (χ3v) is 7.19. The third-order valence-electron chi connectivity index (χ3n) is 5.70. The summed E-state index contributed by atoms with van der Waals surface area (Å²) in [6.07, 6.45) is 3.65. The van der Waals surface area contributed by atoms with Crippen molar-refractivity contribution in [3.8, 4) is 0 Å². The molecule has 1 aliphatic heterocycles. The first-order valence-electron chi connectivity index (χ1n) is 10.8. The summed E-state index contributed by atoms with van der Waals surface area (Å²) < 4.78 is 12.1. The van der Waals surface area contributed by atoms with Crippen molar-refractivity contribution in [2.24, 2.45) is 0 Å². The molecule has 1 saturated heterocycles. The van der Waals surface area contributed by atoms with Gasteiger partial charge in [-0.25, -0.2) is 4.79 Å². The molecule has 0 unspecified atom stereocenters. The number of halogens is 2. The predicted octanol–water partition coefficient (Wildman–Crippen LogP) is 6.61. The van der Waals surface area contributed by atoms with Gasteiger partial charge in [0.1, 0.15) is 5.76 Å². The van der Waals surface area contributed by atoms with Crippen molar-refractivity contribution in [3.05, 3.63) is 98.4 Å². The molecule has 0 aliphatic carbocycles. The summed E-state index contributed by atoms with van der Waals surface area (Å²) >= 11 is 13.3. The predicted molar refractivity (Wildman–Crippen MR) is 139 cm³/mol. The van der Waals surface area contributed by atoms with Gasteiger partial charge in [-0.05, 0) is 53.7 Å². The average Bonchev–Trinajstić information content (AvgIpc) is 3.54. The zero-order valence-corrected chi connectivity index (χ0v) is 21.2. The van der Waals surface area contributed by atoms with Gasteiger partial charge < -0.3 is 13.7 Å². The van der Waals surface area contributed by atoms with Gasteiger partial charge in [0.05, 0.1) is 18.6 Å². The maximum Gasteiger partial charge on any atom is 0.373 e. The Morgan fingerprint density at radius 2 is 1.89 bits per heavy atom. The monoisotopic (exact) mass is 540 g/mol. The lowest BCUT2D eigenvalue weighted by Gasteiger charge is -2.09. The molecular formula is C26H18Cl2N2O5S. The minimum absolute atomic E-state index is 0.00335. The maximum absolute atomic E-state index is 13.1. The standard InChI is InChI=1S/C26H18Cl2N2O5S/c1-34-25(32)22-9-8-18(35-22)14-30-24(31)23(36-26(30)33)10-16-13-29(21-5-3-2-4-19(16)21)12-15-6-7-17(27)11-20(15)28/h2-11,13H,12,14H2,1H3/b23-10+. The van der Waals surface area contributed by atoms with Gasteiger partial charge in [-0.1, -0.05) is 47.5 Å². The Hall–Kier alpha value is -3.46. The van der Waals surface area contributed by atoms with Crippen molar-refractivity contribution in [1.29, 1.82) is 0 Å². The highest BCUT2D eigenvalue weighted by Crippen LogP contribution is 2.35. The quantitative estimate of drug-likeness (QED) is 0.202. The molecule has 0 N–H and O–H groups in total. The van der Waals surface area contributed by atoms with Crippen molar-refractivity contribution >= 4 is 69.1 Å². The Morgan fingerprint density at radius 1 is 1.08 bits per heavy atom. The van der Waals surface area contributed by atoms with Crippen LogP contribution in [0.4, 0.5) is 4.79 Å². The Labute approximate surface area is 220 Å². The molecule has 2 aromatic heterocycles. The molecule has 0 radical (unpaired) electrons. The minimum Gasteiger partial charge on any atom is -0.463 e. The Morgan fingerprint density at radius 3 is 2.67 bits per heavy atom. The SMILES string of the molecule is COC(=O)c1ccc(CN2C(=O)S/C(=C/c3cn(Cc4ccc(Cl)cc4Cl)c4ccccc34)C2=O)o1. The number of esters is 1. The third kappa shape index (κ3) is 4.67. The summed E-state index contributed by atoms with van der Waals surface area (Å²) in [6, 6.07) is 16.2. The van der Waals surface area contributed by atoms with E-state index in [0.717, 1.165) is 38.7 Å². The summed E-state index contributed by atoms with van der Waals surface area (Å²) in [6.45, 7) is 0.419. The normalized spacial score (nSPS) is 14.9. The first-order valence-corrected chi connectivity index (χ1v) is 12.4. The van der Waals surface area contributed by atoms with Crippen molar-refractivity contribution in [3.63, 3.8) is 0 Å². The minimum atomic E-state index is -0.633. The number of imide groups is 1. The molecule has 1 fully saturated rings. The van der Waals surface area contributed by atoms with E-state index in [0.29, 0.717) is 27.3 Å². The molecule has 0 atom stereocenters. The summed E-state index contributed by atoms with van der Waals surface area (Å²) in [7, 11) is 1.24. The van der Waals surface area contributed by atoms with Crippen LogP contribution in [0.3, 0.4) is 0 Å². The molecule has 5 rings (SSSR count). The number of nitrogens with zero attached hydrogens (tertiary/aromatic N) is 2. The van der Waals surface area contributed by atoms with Crippen LogP contribution in [0.5, 0.6) is 0 Å². The van der Waals surface area contributed by atoms with Crippen molar-refractivity contribution in [2.75, 3.05) is 7.11 Å². The van der Waals surface area contributed by atoms with Crippen LogP contribution in [0.1, 0.15) is 27.4 Å². The fourth-order valence-corrected chi connectivity index (χ4v) is 5.26. The van der Waals surface area contributed by atoms with Gasteiger partial charge in [-0.3, -0.25) is 14.5 Å². The van der Waals surface area contributed by atoms with Crippen molar-refractivity contribution < 1.29 is 23.5 Å². The molecule has 2 amide bonds. The number of ether oxygens (including phenoxy) is 1. The van der Waals surface area contributed by atoms with E-state index in [1.807, 2.05) is 41.1 Å². The number of hydrogen-bond donors (Lipinski definition) is 0. The molecule has 7 nitrogen and oxygen atoms in total. The molecule has 1 aliphatic rings. The van der Waals surface area contributed by atoms with Crippen LogP contribution >= 0.6 is 35.0 Å². The molecule has 3 heterocycles. The highest BCUT2D eigenvalue weighted by atomic mass is 35.5. The van der Waals surface area contributed by atoms with Crippen LogP contribution in [0, 0.1) is 0 Å². The Kier molecular flexibility index (Phi) is 6.66. The largest absolute Gasteiger partial charge is 0.463 e. The topological polar surface area (TPSA) is 81.8 Å². The number of furan rings is 1. The van der Waals surface area contributed by atoms with Crippen LogP contribution in [0.25, 0.3) is 17.0 Å². The van der Waals surface area contributed by atoms with E-state index in [1.165, 1.54) is 19.2 Å². The zero-order chi connectivity index (χ0) is 25.4. The molecule has 0 spiro atoms. The van der Waals surface area contributed by atoms with Crippen LogP contribution in [-0.2, 0) is 22.6 Å². The molecule has 36 heavy (non-hydrogen) atoms. The van der Waals surface area contributed by atoms with Crippen LogP contribution in [-0.4, -0.2) is 33.7 Å². The van der Waals surface area contributed by atoms with Crippen LogP contribution in [0.15, 0.2) is 70.1 Å². The second-order valence-electron chi connectivity index (χ2n) is 7.99. The number of thioether (sulfide) groups is 1. The number of amides is 2. The van der Waals surface area contributed by atoms with Gasteiger partial charge in [0, 0.05) is 39.3 Å². The molecule has 4 aromatic rings. The molecule has 0 bridgehead atoms. The molecule has 0 saturated carbocycles. The van der Waals surface area contributed by atoms with E-state index in [9.17, 15) is 14.4 Å². The van der Waals surface area contributed by atoms with Crippen LogP contribution in [0.2, 0.25) is 10.0 Å². The summed E-state index contributed by atoms with van der Waals surface area (Å²) in [5, 5.41) is 1.65. The molecule has 2 aromatic carbocycles. The first kappa shape index (κ1) is 24.2. The van der Waals surface area contributed by atoms with Crippen LogP contribution < -0.4 is 0 Å². The van der Waals surface area contributed by atoms with E-state index in [2.05, 4.69) is 4.74 Å². The summed E-state index contributed by atoms with van der Waals surface area (Å²) in [4.78, 5) is 38.7. The van der Waals surface area contributed by atoms with Gasteiger partial charge in [0.15, 0.2) is 0 Å². The number of aromatic nitrogens is 1. The average molecular weight is 541 g/mol. The Balaban J connectivity index is 1.43. The van der Waals surface area contributed by atoms with Gasteiger partial charge >= 0.3 is 5.97 Å². The number of carbonyl (C=O) groups excluding carboxylic acids is 3. The summed E-state index contributed by atoms with van der Waals surface area (Å²) in [5.41, 5.74) is 2.66. The second-order valence-corrected chi connectivity index (χ2v) is 9.83. The number of carbonyl (C=O) groups is 3. The maximum atomic E-state index is 13.1. The first-order chi connectivity index (χ1) is 17.3. The van der Waals surface area contributed by atoms with Gasteiger partial charge in [0.2, 0.25) is 5.76 Å². The smallest absolute Gasteiger partial charge is 0.373 e. The van der Waals surface area contributed by atoms with E-state index in [-0.39, 0.29) is 12.3 Å². The second kappa shape index (κ2) is 9.89. The number of benzene rings is 2. The number of methoxy groups -OCH3 is 1. The van der Waals surface area contributed by atoms with Gasteiger partial charge in [-0.2, -0.15) is 0 Å². The van der Waals surface area contributed by atoms with E-state index in [4.69, 9.17) is 27.6 Å². The van der Waals surface area contributed by atoms with E-state index in [1.54, 1.807) is 18.2 Å². The zero-order valence-electron chi connectivity index (χ0n) is 18.9. The van der Waals surface area contributed by atoms with Gasteiger partial charge in [-0.15, -0.1) is 0 Å². The Bertz CT molecular complexity index is 1550. The van der Waals surface area contributed by atoms with E-state index >= 15 is 0 Å². The molecule has 10 heteroatoms. The van der Waals surface area contributed by atoms with Crippen molar-refractivity contribution in [2.45, 2.75) is 13.1 Å². The fraction of sp³-hybridized carbons (Fsp3) is 0.115. The number of rotatable bonds is 6.